The van der Waals surface area contributed by atoms with Gasteiger partial charge in [0.2, 0.25) is 0 Å². The summed E-state index contributed by atoms with van der Waals surface area (Å²) in [4.78, 5) is 0. The molecule has 0 aliphatic carbocycles. The molecule has 10 aromatic rings. The van der Waals surface area contributed by atoms with Gasteiger partial charge in [-0.2, -0.15) is 78.9 Å². The predicted molar refractivity (Wildman–Crippen MR) is 270 cm³/mol. The minimum atomic E-state index is 0. The van der Waals surface area contributed by atoms with Gasteiger partial charge in [-0.05, 0) is 44.0 Å². The molecular formula is C57H54Cl2SiZr-4. The van der Waals surface area contributed by atoms with Gasteiger partial charge >= 0.3 is 30.2 Å². The van der Waals surface area contributed by atoms with Crippen molar-refractivity contribution in [1.82, 2.24) is 0 Å². The van der Waals surface area contributed by atoms with Gasteiger partial charge in [-0.1, -0.05) is 144 Å². The summed E-state index contributed by atoms with van der Waals surface area (Å²) in [6.07, 6.45) is 0. The van der Waals surface area contributed by atoms with Crippen LogP contribution in [0.15, 0.2) is 188 Å². The maximum atomic E-state index is 3.06. The molecule has 61 heavy (non-hydrogen) atoms. The van der Waals surface area contributed by atoms with E-state index in [1.807, 2.05) is 60.7 Å². The molecule has 0 unspecified atom stereocenters. The smallest absolute Gasteiger partial charge is 0.171 e. The van der Waals surface area contributed by atoms with Gasteiger partial charge in [-0.15, -0.1) is 99.1 Å². The summed E-state index contributed by atoms with van der Waals surface area (Å²) in [6.45, 7) is 18.9. The normalized spacial score (nSPS) is 10.7. The molecule has 0 aliphatic heterocycles. The zero-order chi connectivity index (χ0) is 42.0. The molecule has 10 rings (SSSR count). The molecule has 308 valence electrons. The molecule has 0 nitrogen and oxygen atoms in total. The first-order chi connectivity index (χ1) is 28.5. The number of benzene rings is 8. The van der Waals surface area contributed by atoms with Gasteiger partial charge in [0.15, 0.2) is 0 Å². The Morgan fingerprint density at radius 2 is 0.902 bits per heavy atom. The third-order valence-electron chi connectivity index (χ3n) is 10.6. The molecule has 4 heteroatoms. The van der Waals surface area contributed by atoms with E-state index in [2.05, 4.69) is 195 Å². The Hall–Kier alpha value is -4.56. The van der Waals surface area contributed by atoms with Crippen molar-refractivity contribution in [2.45, 2.75) is 59.3 Å². The Bertz CT molecular complexity index is 2740. The minimum absolute atomic E-state index is 0. The molecule has 0 spiro atoms. The molecule has 0 aromatic heterocycles. The second-order valence-electron chi connectivity index (χ2n) is 16.9. The number of halogens is 2. The van der Waals surface area contributed by atoms with Gasteiger partial charge in [-0.25, -0.2) is 0 Å². The van der Waals surface area contributed by atoms with Gasteiger partial charge in [0.1, 0.15) is 0 Å². The van der Waals surface area contributed by atoms with Crippen molar-refractivity contribution in [2.24, 2.45) is 0 Å². The number of fused-ring (bicyclic) bond motifs is 7. The van der Waals surface area contributed by atoms with E-state index in [9.17, 15) is 0 Å². The summed E-state index contributed by atoms with van der Waals surface area (Å²) in [6, 6.07) is 72.1. The molecule has 0 saturated carbocycles. The van der Waals surface area contributed by atoms with Crippen molar-refractivity contribution in [3.63, 3.8) is 0 Å². The molecule has 0 amide bonds. The third kappa shape index (κ3) is 12.3. The Labute approximate surface area is 393 Å². The van der Waals surface area contributed by atoms with E-state index < -0.39 is 0 Å². The van der Waals surface area contributed by atoms with Crippen molar-refractivity contribution >= 4 is 85.6 Å². The van der Waals surface area contributed by atoms with E-state index in [4.69, 9.17) is 0 Å². The quantitative estimate of drug-likeness (QED) is 0.0874. The van der Waals surface area contributed by atoms with Gasteiger partial charge in [-0.3, -0.25) is 0 Å². The van der Waals surface area contributed by atoms with E-state index in [1.165, 1.54) is 105 Å². The van der Waals surface area contributed by atoms with E-state index in [0.717, 1.165) is 0 Å². The van der Waals surface area contributed by atoms with Crippen LogP contribution in [-0.4, -0.2) is 6.88 Å². The second-order valence-corrected chi connectivity index (χ2v) is 16.9. The van der Waals surface area contributed by atoms with Crippen molar-refractivity contribution < 1.29 is 23.3 Å². The molecule has 0 bridgehead atoms. The van der Waals surface area contributed by atoms with Crippen LogP contribution in [0, 0.1) is 19.1 Å². The van der Waals surface area contributed by atoms with Crippen LogP contribution in [-0.2, 0) is 34.2 Å². The number of aryl methyl sites for hydroxylation is 1. The zero-order valence-corrected chi connectivity index (χ0v) is 41.3. The Morgan fingerprint density at radius 1 is 0.410 bits per heavy atom. The molecule has 10 aromatic carbocycles. The standard InChI is InChI=1S/C24H17.C21H25.2C6H5.2ClH.Si.Zr/c1-16-13-17-8-6-12-22(23(17)14-16)24-15-18-7-2-3-9-19(18)20-10-4-5-11-21(20)24;1-20(2,3)16-7-9-18-14(12-16)11-15-13-17(21(4,5)6)8-10-19(15)18;2*1-2-4-6-5-3-1;;;;/h2-15H,1H3;7-13H,1-6H3;2*1-5H;2*1H;;/q4*-1;;;;. The molecule has 0 aliphatic rings. The topological polar surface area (TPSA) is 0 Å². The van der Waals surface area contributed by atoms with Gasteiger partial charge in [0.05, 0.1) is 0 Å². The Morgan fingerprint density at radius 3 is 1.38 bits per heavy atom. The van der Waals surface area contributed by atoms with Crippen molar-refractivity contribution in [2.75, 3.05) is 0 Å². The van der Waals surface area contributed by atoms with Crippen LogP contribution >= 0.6 is 24.8 Å². The average molecular weight is 929 g/mol. The second kappa shape index (κ2) is 22.5. The van der Waals surface area contributed by atoms with Crippen LogP contribution in [0.1, 0.15) is 58.2 Å². The first kappa shape index (κ1) is 49.1. The Kier molecular flexibility index (Phi) is 18.1. The van der Waals surface area contributed by atoms with Gasteiger partial charge < -0.3 is 0 Å². The van der Waals surface area contributed by atoms with E-state index >= 15 is 0 Å². The van der Waals surface area contributed by atoms with Gasteiger partial charge in [0.25, 0.3) is 0 Å². The van der Waals surface area contributed by atoms with Crippen LogP contribution < -0.4 is 0 Å². The van der Waals surface area contributed by atoms with E-state index in [1.54, 1.807) is 0 Å². The van der Waals surface area contributed by atoms with Crippen LogP contribution in [0.25, 0.3) is 65.0 Å². The zero-order valence-electron chi connectivity index (χ0n) is 36.2. The molecule has 0 N–H and O–H groups in total. The molecule has 0 saturated heterocycles. The van der Waals surface area contributed by atoms with E-state index in [-0.39, 0.29) is 35.6 Å². The number of rotatable bonds is 1. The first-order valence-corrected chi connectivity index (χ1v) is 24.4. The fourth-order valence-corrected chi connectivity index (χ4v) is 7.54. The number of hydrogen-bond acceptors (Lipinski definition) is 0. The van der Waals surface area contributed by atoms with Crippen LogP contribution in [0.5, 0.6) is 0 Å². The molecule has 0 atom stereocenters. The minimum Gasteiger partial charge on any atom is -0.184 e. The van der Waals surface area contributed by atoms with Crippen LogP contribution in [0.3, 0.4) is 0 Å². The maximum absolute atomic E-state index is 3.06. The molecule has 2 radical (unpaired) electrons. The first-order valence-electron chi connectivity index (χ1n) is 20.3. The van der Waals surface area contributed by atoms with E-state index in [0.29, 0.717) is 0 Å². The third-order valence-corrected chi connectivity index (χ3v) is 10.6. The van der Waals surface area contributed by atoms with Crippen molar-refractivity contribution in [1.29, 1.82) is 0 Å². The maximum Gasteiger partial charge on any atom is -0.171 e. The SMILES string of the molecule is CC(C)(C)c1ccc2c(c1)[cH-]c1cc(C(C)(C)C)ccc12.Cc1cc2c(-c3cc4ccccc4c4ccccc34)cccc2[cH-]1.Cl.Cl.[Si]=[Zr].[c-]1ccccc1.[c-]1ccccc1. The fourth-order valence-electron chi connectivity index (χ4n) is 7.54. The number of hydrogen-bond donors (Lipinski definition) is 0. The van der Waals surface area contributed by atoms with Gasteiger partial charge in [0, 0.05) is 0 Å². The fraction of sp³-hybridized carbons (Fsp3) is 0.158. The van der Waals surface area contributed by atoms with Crippen LogP contribution in [0.2, 0.25) is 0 Å². The summed E-state index contributed by atoms with van der Waals surface area (Å²) in [7, 11) is 0. The van der Waals surface area contributed by atoms with Crippen LogP contribution in [0.4, 0.5) is 0 Å². The summed E-state index contributed by atoms with van der Waals surface area (Å²) in [5.74, 6) is 0. The Balaban J connectivity index is 0.000000201. The summed E-state index contributed by atoms with van der Waals surface area (Å²) >= 11 is 1.36. The predicted octanol–water partition coefficient (Wildman–Crippen LogP) is 16.6. The summed E-state index contributed by atoms with van der Waals surface area (Å²) < 4.78 is 0. The average Bonchev–Trinajstić information content (AvgIpc) is 3.84. The monoisotopic (exact) mass is 926 g/mol. The molecular weight excluding hydrogens is 875 g/mol. The summed E-state index contributed by atoms with van der Waals surface area (Å²) in [5, 5.41) is 13.4. The molecule has 0 fully saturated rings. The van der Waals surface area contributed by atoms with Crippen molar-refractivity contribution in [3.8, 4) is 11.1 Å². The summed E-state index contributed by atoms with van der Waals surface area (Å²) in [5.41, 5.74) is 7.18. The van der Waals surface area contributed by atoms with Crippen molar-refractivity contribution in [3.05, 3.63) is 217 Å². The molecule has 0 heterocycles. The largest absolute Gasteiger partial charge is 0.184 e.